The van der Waals surface area contributed by atoms with Gasteiger partial charge in [-0.25, -0.2) is 0 Å². The smallest absolute Gasteiger partial charge is 0.270 e. The summed E-state index contributed by atoms with van der Waals surface area (Å²) in [4.78, 5) is 24.9. The van der Waals surface area contributed by atoms with Crippen LogP contribution in [0.15, 0.2) is 29.1 Å². The van der Waals surface area contributed by atoms with Crippen LogP contribution in [0.4, 0.5) is 5.82 Å². The predicted octanol–water partition coefficient (Wildman–Crippen LogP) is 3.32. The van der Waals surface area contributed by atoms with Crippen molar-refractivity contribution in [2.24, 2.45) is 0 Å². The number of ether oxygens (including phenoxy) is 1. The number of amides is 1. The summed E-state index contributed by atoms with van der Waals surface area (Å²) in [5, 5.41) is 5.55. The highest BCUT2D eigenvalue weighted by Gasteiger charge is 2.32. The van der Waals surface area contributed by atoms with Gasteiger partial charge >= 0.3 is 0 Å². The maximum absolute atomic E-state index is 12.7. The third-order valence-electron chi connectivity index (χ3n) is 4.40. The number of nitrogens with zero attached hydrogens (tertiary/aromatic N) is 1. The second kappa shape index (κ2) is 7.39. The standard InChI is InChI=1S/C18H23N3O3S/c1-4-11(3)21-17-15(18(23)20-21)16(25-10-14(22)19-17)12-8-6-7-9-13(12)24-5-2/h6-9,11,16H,4-5,10H2,1-3H3,(H,19,22)(H,20,23)/t11-,16+/m1/s1. The molecule has 25 heavy (non-hydrogen) atoms. The lowest BCUT2D eigenvalue weighted by molar-refractivity contribution is -0.113. The van der Waals surface area contributed by atoms with Crippen molar-refractivity contribution < 1.29 is 9.53 Å². The first-order valence-corrected chi connectivity index (χ1v) is 9.59. The molecule has 1 aliphatic rings. The molecule has 1 aromatic heterocycles. The van der Waals surface area contributed by atoms with Crippen LogP contribution in [0.2, 0.25) is 0 Å². The molecule has 0 bridgehead atoms. The first-order valence-electron chi connectivity index (χ1n) is 8.54. The molecule has 1 aromatic carbocycles. The topological polar surface area (TPSA) is 76.1 Å². The summed E-state index contributed by atoms with van der Waals surface area (Å²) in [6, 6.07) is 7.79. The van der Waals surface area contributed by atoms with Gasteiger partial charge in [0, 0.05) is 11.6 Å². The number of fused-ring (bicyclic) bond motifs is 1. The second-order valence-corrected chi connectivity index (χ2v) is 7.13. The molecule has 2 heterocycles. The van der Waals surface area contributed by atoms with E-state index in [0.717, 1.165) is 17.7 Å². The number of carbonyl (C=O) groups excluding carboxylic acids is 1. The average Bonchev–Trinajstić information content (AvgIpc) is 2.82. The monoisotopic (exact) mass is 361 g/mol. The van der Waals surface area contributed by atoms with Crippen molar-refractivity contribution in [1.82, 2.24) is 9.78 Å². The molecule has 2 aromatic rings. The molecule has 0 unspecified atom stereocenters. The Hall–Kier alpha value is -2.15. The summed E-state index contributed by atoms with van der Waals surface area (Å²) < 4.78 is 7.53. The van der Waals surface area contributed by atoms with Crippen molar-refractivity contribution in [1.29, 1.82) is 0 Å². The SMILES string of the molecule is CCOc1ccccc1[C@@H]1SCC(=O)Nc2c1c(=O)[nH]n2[C@H](C)CC. The number of hydrogen-bond donors (Lipinski definition) is 2. The third kappa shape index (κ3) is 3.33. The van der Waals surface area contributed by atoms with Gasteiger partial charge in [-0.05, 0) is 26.3 Å². The average molecular weight is 361 g/mol. The normalized spacial score (nSPS) is 18.2. The molecule has 1 amide bonds. The molecule has 2 N–H and O–H groups in total. The van der Waals surface area contributed by atoms with E-state index in [9.17, 15) is 9.59 Å². The van der Waals surface area contributed by atoms with Crippen molar-refractivity contribution in [3.63, 3.8) is 0 Å². The number of H-pyrrole nitrogens is 1. The van der Waals surface area contributed by atoms with Crippen LogP contribution in [0.3, 0.4) is 0 Å². The highest BCUT2D eigenvalue weighted by atomic mass is 32.2. The maximum atomic E-state index is 12.7. The fourth-order valence-corrected chi connectivity index (χ4v) is 4.14. The van der Waals surface area contributed by atoms with Crippen molar-refractivity contribution in [2.45, 2.75) is 38.5 Å². The lowest BCUT2D eigenvalue weighted by Gasteiger charge is -2.18. The Kier molecular flexibility index (Phi) is 5.22. The lowest BCUT2D eigenvalue weighted by atomic mass is 10.0. The molecule has 0 aliphatic carbocycles. The van der Waals surface area contributed by atoms with Crippen LogP contribution >= 0.6 is 11.8 Å². The Morgan fingerprint density at radius 3 is 2.80 bits per heavy atom. The van der Waals surface area contributed by atoms with Crippen LogP contribution < -0.4 is 15.6 Å². The number of benzene rings is 1. The van der Waals surface area contributed by atoms with E-state index in [1.54, 1.807) is 4.68 Å². The largest absolute Gasteiger partial charge is 0.494 e. The number of aromatic amines is 1. The highest BCUT2D eigenvalue weighted by molar-refractivity contribution is 8.00. The zero-order valence-electron chi connectivity index (χ0n) is 14.7. The van der Waals surface area contributed by atoms with E-state index in [4.69, 9.17) is 4.74 Å². The van der Waals surface area contributed by atoms with E-state index in [1.807, 2.05) is 45.0 Å². The van der Waals surface area contributed by atoms with Crippen molar-refractivity contribution in [3.8, 4) is 5.75 Å². The Labute approximate surface area is 150 Å². The van der Waals surface area contributed by atoms with Gasteiger partial charge in [0.25, 0.3) is 5.56 Å². The number of para-hydroxylation sites is 1. The van der Waals surface area contributed by atoms with E-state index in [0.29, 0.717) is 23.7 Å². The molecule has 6 nitrogen and oxygen atoms in total. The summed E-state index contributed by atoms with van der Waals surface area (Å²) in [5.74, 6) is 1.52. The fourth-order valence-electron chi connectivity index (χ4n) is 2.99. The molecular weight excluding hydrogens is 338 g/mol. The molecular formula is C18H23N3O3S. The summed E-state index contributed by atoms with van der Waals surface area (Å²) >= 11 is 1.45. The summed E-state index contributed by atoms with van der Waals surface area (Å²) in [7, 11) is 0. The van der Waals surface area contributed by atoms with Gasteiger partial charge in [0.1, 0.15) is 11.6 Å². The quantitative estimate of drug-likeness (QED) is 0.856. The van der Waals surface area contributed by atoms with Crippen molar-refractivity contribution in [3.05, 3.63) is 45.7 Å². The van der Waals surface area contributed by atoms with Crippen molar-refractivity contribution in [2.75, 3.05) is 17.7 Å². The molecule has 0 saturated carbocycles. The number of carbonyl (C=O) groups is 1. The van der Waals surface area contributed by atoms with Crippen LogP contribution in [-0.2, 0) is 4.79 Å². The van der Waals surface area contributed by atoms with Crippen LogP contribution in [0.1, 0.15) is 49.6 Å². The van der Waals surface area contributed by atoms with Crippen LogP contribution in [0.25, 0.3) is 0 Å². The minimum Gasteiger partial charge on any atom is -0.494 e. The van der Waals surface area contributed by atoms with E-state index in [1.165, 1.54) is 11.8 Å². The zero-order chi connectivity index (χ0) is 18.0. The molecule has 1 aliphatic heterocycles. The van der Waals surface area contributed by atoms with E-state index >= 15 is 0 Å². The molecule has 0 spiro atoms. The van der Waals surface area contributed by atoms with Gasteiger partial charge in [-0.15, -0.1) is 11.8 Å². The Bertz CT molecular complexity index is 827. The number of aromatic nitrogens is 2. The van der Waals surface area contributed by atoms with E-state index < -0.39 is 0 Å². The van der Waals surface area contributed by atoms with Crippen LogP contribution in [-0.4, -0.2) is 28.0 Å². The number of hydrogen-bond acceptors (Lipinski definition) is 4. The Morgan fingerprint density at radius 1 is 1.32 bits per heavy atom. The summed E-state index contributed by atoms with van der Waals surface area (Å²) in [6.07, 6.45) is 0.847. The molecule has 134 valence electrons. The maximum Gasteiger partial charge on any atom is 0.270 e. The predicted molar refractivity (Wildman–Crippen MR) is 101 cm³/mol. The highest BCUT2D eigenvalue weighted by Crippen LogP contribution is 2.43. The molecule has 7 heteroatoms. The Morgan fingerprint density at radius 2 is 2.08 bits per heavy atom. The first kappa shape index (κ1) is 17.7. The van der Waals surface area contributed by atoms with Gasteiger partial charge in [0.05, 0.1) is 23.2 Å². The van der Waals surface area contributed by atoms with Gasteiger partial charge in [0.2, 0.25) is 5.91 Å². The molecule has 0 saturated heterocycles. The number of anilines is 1. The van der Waals surface area contributed by atoms with E-state index in [-0.39, 0.29) is 22.8 Å². The summed E-state index contributed by atoms with van der Waals surface area (Å²) in [6.45, 7) is 6.54. The summed E-state index contributed by atoms with van der Waals surface area (Å²) in [5.41, 5.74) is 1.34. The molecule has 3 rings (SSSR count). The van der Waals surface area contributed by atoms with Crippen LogP contribution in [0.5, 0.6) is 5.75 Å². The van der Waals surface area contributed by atoms with Gasteiger partial charge in [-0.3, -0.25) is 19.4 Å². The minimum absolute atomic E-state index is 0.0858. The number of nitrogens with one attached hydrogen (secondary N) is 2. The lowest BCUT2D eigenvalue weighted by Crippen LogP contribution is -2.18. The van der Waals surface area contributed by atoms with Crippen LogP contribution in [0, 0.1) is 0 Å². The molecule has 0 radical (unpaired) electrons. The van der Waals surface area contributed by atoms with Gasteiger partial charge in [0.15, 0.2) is 0 Å². The van der Waals surface area contributed by atoms with Gasteiger partial charge < -0.3 is 10.1 Å². The second-order valence-electron chi connectivity index (χ2n) is 6.04. The number of thioether (sulfide) groups is 1. The minimum atomic E-state index is -0.259. The third-order valence-corrected chi connectivity index (χ3v) is 5.65. The molecule has 2 atom stereocenters. The first-order chi connectivity index (χ1) is 12.1. The number of rotatable bonds is 5. The fraction of sp³-hybridized carbons (Fsp3) is 0.444. The van der Waals surface area contributed by atoms with Gasteiger partial charge in [-0.2, -0.15) is 0 Å². The Balaban J connectivity index is 2.17. The zero-order valence-corrected chi connectivity index (χ0v) is 15.5. The van der Waals surface area contributed by atoms with Crippen molar-refractivity contribution >= 4 is 23.5 Å². The molecule has 0 fully saturated rings. The van der Waals surface area contributed by atoms with Gasteiger partial charge in [-0.1, -0.05) is 25.1 Å². The van der Waals surface area contributed by atoms with E-state index in [2.05, 4.69) is 10.4 Å².